The van der Waals surface area contributed by atoms with Crippen LogP contribution in [0.5, 0.6) is 0 Å². The van der Waals surface area contributed by atoms with Gasteiger partial charge in [0.1, 0.15) is 0 Å². The highest BCUT2D eigenvalue weighted by molar-refractivity contribution is 6.16. The van der Waals surface area contributed by atoms with Gasteiger partial charge in [-0.25, -0.2) is 0 Å². The highest BCUT2D eigenvalue weighted by Crippen LogP contribution is 2.20. The summed E-state index contributed by atoms with van der Waals surface area (Å²) < 4.78 is 0. The SMILES string of the molecule is CCc1cccc(C(=O)c2cccc3ncccc23)c1. The Hall–Kier alpha value is -2.48. The Balaban J connectivity index is 2.12. The fourth-order valence-electron chi connectivity index (χ4n) is 2.39. The van der Waals surface area contributed by atoms with Crippen LogP contribution in [-0.4, -0.2) is 10.8 Å². The van der Waals surface area contributed by atoms with Gasteiger partial charge in [-0.1, -0.05) is 43.3 Å². The van der Waals surface area contributed by atoms with E-state index in [2.05, 4.69) is 11.9 Å². The maximum absolute atomic E-state index is 12.7. The van der Waals surface area contributed by atoms with E-state index in [0.717, 1.165) is 22.9 Å². The molecule has 1 aromatic heterocycles. The molecule has 2 nitrogen and oxygen atoms in total. The van der Waals surface area contributed by atoms with Crippen LogP contribution in [0.1, 0.15) is 28.4 Å². The zero-order chi connectivity index (χ0) is 13.9. The van der Waals surface area contributed by atoms with Gasteiger partial charge in [-0.15, -0.1) is 0 Å². The van der Waals surface area contributed by atoms with Gasteiger partial charge in [-0.3, -0.25) is 9.78 Å². The van der Waals surface area contributed by atoms with Crippen molar-refractivity contribution in [3.63, 3.8) is 0 Å². The Morgan fingerprint density at radius 3 is 2.75 bits per heavy atom. The van der Waals surface area contributed by atoms with Crippen LogP contribution < -0.4 is 0 Å². The second kappa shape index (κ2) is 5.25. The van der Waals surface area contributed by atoms with Gasteiger partial charge in [0.05, 0.1) is 5.52 Å². The highest BCUT2D eigenvalue weighted by atomic mass is 16.1. The first-order chi connectivity index (χ1) is 9.79. The van der Waals surface area contributed by atoms with Crippen molar-refractivity contribution in [2.75, 3.05) is 0 Å². The van der Waals surface area contributed by atoms with Crippen LogP contribution >= 0.6 is 0 Å². The summed E-state index contributed by atoms with van der Waals surface area (Å²) in [6.07, 6.45) is 2.67. The number of aromatic nitrogens is 1. The zero-order valence-corrected chi connectivity index (χ0v) is 11.3. The molecule has 98 valence electrons. The lowest BCUT2D eigenvalue weighted by Crippen LogP contribution is -2.03. The molecule has 0 fully saturated rings. The van der Waals surface area contributed by atoms with E-state index < -0.39 is 0 Å². The number of benzene rings is 2. The second-order valence-corrected chi connectivity index (χ2v) is 4.76. The number of ketones is 1. The van der Waals surface area contributed by atoms with Gasteiger partial charge < -0.3 is 0 Å². The molecule has 0 spiro atoms. The monoisotopic (exact) mass is 261 g/mol. The second-order valence-electron chi connectivity index (χ2n) is 4.76. The van der Waals surface area contributed by atoms with Gasteiger partial charge in [0.25, 0.3) is 0 Å². The van der Waals surface area contributed by atoms with Crippen LogP contribution in [0.25, 0.3) is 10.9 Å². The fraction of sp³-hybridized carbons (Fsp3) is 0.111. The molecule has 0 radical (unpaired) electrons. The minimum Gasteiger partial charge on any atom is -0.289 e. The third-order valence-corrected chi connectivity index (χ3v) is 3.49. The van der Waals surface area contributed by atoms with E-state index in [0.29, 0.717) is 5.56 Å². The van der Waals surface area contributed by atoms with Crippen molar-refractivity contribution in [1.29, 1.82) is 0 Å². The summed E-state index contributed by atoms with van der Waals surface area (Å²) in [7, 11) is 0. The van der Waals surface area contributed by atoms with Crippen molar-refractivity contribution in [2.45, 2.75) is 13.3 Å². The lowest BCUT2D eigenvalue weighted by atomic mass is 9.97. The molecule has 0 amide bonds. The summed E-state index contributed by atoms with van der Waals surface area (Å²) in [5, 5.41) is 0.905. The van der Waals surface area contributed by atoms with Crippen molar-refractivity contribution in [1.82, 2.24) is 4.98 Å². The lowest BCUT2D eigenvalue weighted by molar-refractivity contribution is 0.104. The minimum atomic E-state index is 0.0545. The van der Waals surface area contributed by atoms with Gasteiger partial charge in [-0.05, 0) is 30.2 Å². The number of fused-ring (bicyclic) bond motifs is 1. The van der Waals surface area contributed by atoms with E-state index in [-0.39, 0.29) is 5.78 Å². The van der Waals surface area contributed by atoms with Crippen LogP contribution in [0.15, 0.2) is 60.8 Å². The van der Waals surface area contributed by atoms with Crippen molar-refractivity contribution in [3.8, 4) is 0 Å². The smallest absolute Gasteiger partial charge is 0.193 e. The van der Waals surface area contributed by atoms with Crippen molar-refractivity contribution >= 4 is 16.7 Å². The summed E-state index contributed by atoms with van der Waals surface area (Å²) in [5.41, 5.74) is 3.48. The maximum atomic E-state index is 12.7. The van der Waals surface area contributed by atoms with Crippen LogP contribution in [0.4, 0.5) is 0 Å². The van der Waals surface area contributed by atoms with E-state index in [1.54, 1.807) is 6.20 Å². The quantitative estimate of drug-likeness (QED) is 0.666. The Labute approximate surface area is 118 Å². The molecule has 0 atom stereocenters. The number of carbonyl (C=O) groups excluding carboxylic acids is 1. The third kappa shape index (κ3) is 2.21. The number of rotatable bonds is 3. The summed E-state index contributed by atoms with van der Waals surface area (Å²) in [6, 6.07) is 17.3. The molecule has 2 heteroatoms. The third-order valence-electron chi connectivity index (χ3n) is 3.49. The number of hydrogen-bond acceptors (Lipinski definition) is 2. The van der Waals surface area contributed by atoms with Crippen LogP contribution in [0.2, 0.25) is 0 Å². The highest BCUT2D eigenvalue weighted by Gasteiger charge is 2.12. The Morgan fingerprint density at radius 1 is 1.05 bits per heavy atom. The first kappa shape index (κ1) is 12.5. The van der Waals surface area contributed by atoms with E-state index >= 15 is 0 Å². The van der Waals surface area contributed by atoms with E-state index in [1.165, 1.54) is 5.56 Å². The van der Waals surface area contributed by atoms with Gasteiger partial charge in [0.15, 0.2) is 5.78 Å². The fourth-order valence-corrected chi connectivity index (χ4v) is 2.39. The van der Waals surface area contributed by atoms with E-state index in [4.69, 9.17) is 0 Å². The molecule has 0 bridgehead atoms. The molecular weight excluding hydrogens is 246 g/mol. The maximum Gasteiger partial charge on any atom is 0.193 e. The van der Waals surface area contributed by atoms with Crippen molar-refractivity contribution < 1.29 is 4.79 Å². The number of hydrogen-bond donors (Lipinski definition) is 0. The predicted molar refractivity (Wildman–Crippen MR) is 81.0 cm³/mol. The number of nitrogens with zero attached hydrogens (tertiary/aromatic N) is 1. The molecule has 0 unspecified atom stereocenters. The largest absolute Gasteiger partial charge is 0.289 e. The Bertz CT molecular complexity index is 772. The lowest BCUT2D eigenvalue weighted by Gasteiger charge is -2.06. The molecular formula is C18H15NO. The molecule has 0 N–H and O–H groups in total. The molecule has 3 aromatic rings. The topological polar surface area (TPSA) is 30.0 Å². The molecule has 0 aliphatic rings. The van der Waals surface area contributed by atoms with E-state index in [1.807, 2.05) is 54.6 Å². The average Bonchev–Trinajstić information content (AvgIpc) is 2.53. The van der Waals surface area contributed by atoms with Gasteiger partial charge in [0.2, 0.25) is 0 Å². The zero-order valence-electron chi connectivity index (χ0n) is 11.3. The summed E-state index contributed by atoms with van der Waals surface area (Å²) in [5.74, 6) is 0.0545. The van der Waals surface area contributed by atoms with E-state index in [9.17, 15) is 4.79 Å². The summed E-state index contributed by atoms with van der Waals surface area (Å²) in [6.45, 7) is 2.09. The number of pyridine rings is 1. The standard InChI is InChI=1S/C18H15NO/c1-2-13-6-3-7-14(12-13)18(20)16-8-4-10-17-15(16)9-5-11-19-17/h3-12H,2H2,1H3. The Morgan fingerprint density at radius 2 is 1.90 bits per heavy atom. The molecule has 1 heterocycles. The summed E-state index contributed by atoms with van der Waals surface area (Å²) in [4.78, 5) is 17.0. The average molecular weight is 261 g/mol. The predicted octanol–water partition coefficient (Wildman–Crippen LogP) is 4.03. The van der Waals surface area contributed by atoms with Crippen LogP contribution in [0, 0.1) is 0 Å². The molecule has 0 aliphatic heterocycles. The first-order valence-corrected chi connectivity index (χ1v) is 6.77. The molecule has 0 saturated carbocycles. The number of carbonyl (C=O) groups is 1. The van der Waals surface area contributed by atoms with Crippen LogP contribution in [0.3, 0.4) is 0 Å². The first-order valence-electron chi connectivity index (χ1n) is 6.77. The molecule has 0 aliphatic carbocycles. The molecule has 0 saturated heterocycles. The molecule has 3 rings (SSSR count). The van der Waals surface area contributed by atoms with Crippen molar-refractivity contribution in [3.05, 3.63) is 77.5 Å². The normalized spacial score (nSPS) is 10.7. The van der Waals surface area contributed by atoms with Crippen molar-refractivity contribution in [2.24, 2.45) is 0 Å². The van der Waals surface area contributed by atoms with Crippen LogP contribution in [-0.2, 0) is 6.42 Å². The van der Waals surface area contributed by atoms with Gasteiger partial charge in [-0.2, -0.15) is 0 Å². The minimum absolute atomic E-state index is 0.0545. The summed E-state index contributed by atoms with van der Waals surface area (Å²) >= 11 is 0. The van der Waals surface area contributed by atoms with Gasteiger partial charge in [0, 0.05) is 22.7 Å². The number of aryl methyl sites for hydroxylation is 1. The Kier molecular flexibility index (Phi) is 3.30. The molecule has 2 aromatic carbocycles. The van der Waals surface area contributed by atoms with Gasteiger partial charge >= 0.3 is 0 Å². The molecule has 20 heavy (non-hydrogen) atoms.